The predicted octanol–water partition coefficient (Wildman–Crippen LogP) is 3.10. The van der Waals surface area contributed by atoms with Crippen LogP contribution in [0.25, 0.3) is 0 Å². The first-order valence-electron chi connectivity index (χ1n) is 7.24. The molecule has 0 aromatic carbocycles. The van der Waals surface area contributed by atoms with Gasteiger partial charge in [0.2, 0.25) is 0 Å². The highest BCUT2D eigenvalue weighted by atomic mass is 32.1. The largest absolute Gasteiger partial charge is 0.271 e. The molecule has 2 aromatic heterocycles. The number of hydrogen-bond donors (Lipinski definition) is 2. The highest BCUT2D eigenvalue weighted by Crippen LogP contribution is 2.14. The summed E-state index contributed by atoms with van der Waals surface area (Å²) < 4.78 is 0. The van der Waals surface area contributed by atoms with Crippen molar-refractivity contribution in [3.05, 3.63) is 52.0 Å². The molecular weight excluding hydrogens is 266 g/mol. The van der Waals surface area contributed by atoms with E-state index in [0.717, 1.165) is 37.8 Å². The van der Waals surface area contributed by atoms with Gasteiger partial charge < -0.3 is 0 Å². The molecule has 0 aliphatic carbocycles. The first kappa shape index (κ1) is 15.2. The normalized spacial score (nSPS) is 12.5. The van der Waals surface area contributed by atoms with Crippen LogP contribution in [0.5, 0.6) is 0 Å². The number of nitrogens with zero attached hydrogens (tertiary/aromatic N) is 1. The van der Waals surface area contributed by atoms with E-state index in [1.165, 1.54) is 10.4 Å². The van der Waals surface area contributed by atoms with Crippen molar-refractivity contribution in [2.24, 2.45) is 5.84 Å². The molecule has 2 rings (SSSR count). The van der Waals surface area contributed by atoms with Crippen molar-refractivity contribution in [3.8, 4) is 0 Å². The summed E-state index contributed by atoms with van der Waals surface area (Å²) in [6.45, 7) is 2.14. The first-order valence-corrected chi connectivity index (χ1v) is 8.12. The van der Waals surface area contributed by atoms with E-state index in [9.17, 15) is 0 Å². The maximum atomic E-state index is 5.66. The van der Waals surface area contributed by atoms with Gasteiger partial charge in [0.15, 0.2) is 0 Å². The van der Waals surface area contributed by atoms with E-state index in [2.05, 4.69) is 47.0 Å². The highest BCUT2D eigenvalue weighted by Gasteiger charge is 2.09. The van der Waals surface area contributed by atoms with Crippen molar-refractivity contribution >= 4 is 11.3 Å². The summed E-state index contributed by atoms with van der Waals surface area (Å²) in [6, 6.07) is 8.87. The van der Waals surface area contributed by atoms with Crippen LogP contribution in [-0.2, 0) is 19.3 Å². The highest BCUT2D eigenvalue weighted by molar-refractivity contribution is 7.09. The summed E-state index contributed by atoms with van der Waals surface area (Å²) in [5.41, 5.74) is 5.32. The summed E-state index contributed by atoms with van der Waals surface area (Å²) in [6.07, 6.45) is 7.26. The Hall–Kier alpha value is -1.23. The molecule has 108 valence electrons. The minimum atomic E-state index is 0.301. The fraction of sp³-hybridized carbons (Fsp3) is 0.438. The molecule has 0 saturated heterocycles. The average molecular weight is 289 g/mol. The van der Waals surface area contributed by atoms with Gasteiger partial charge in [-0.25, -0.2) is 0 Å². The number of nitrogens with two attached hydrogens (primary N) is 1. The van der Waals surface area contributed by atoms with Crippen LogP contribution < -0.4 is 11.3 Å². The zero-order valence-corrected chi connectivity index (χ0v) is 12.8. The first-order chi connectivity index (χ1) is 9.81. The molecular formula is C16H23N3S. The average Bonchev–Trinajstić information content (AvgIpc) is 3.00. The molecule has 0 amide bonds. The van der Waals surface area contributed by atoms with E-state index in [4.69, 9.17) is 5.84 Å². The van der Waals surface area contributed by atoms with Crippen LogP contribution in [0.3, 0.4) is 0 Å². The van der Waals surface area contributed by atoms with Crippen molar-refractivity contribution in [2.75, 3.05) is 0 Å². The summed E-state index contributed by atoms with van der Waals surface area (Å²) in [4.78, 5) is 5.95. The van der Waals surface area contributed by atoms with E-state index in [-0.39, 0.29) is 0 Å². The minimum absolute atomic E-state index is 0.301. The second kappa shape index (κ2) is 8.15. The van der Waals surface area contributed by atoms with Crippen molar-refractivity contribution in [1.29, 1.82) is 0 Å². The lowest BCUT2D eigenvalue weighted by molar-refractivity contribution is 0.473. The maximum absolute atomic E-state index is 5.66. The Balaban J connectivity index is 1.78. The van der Waals surface area contributed by atoms with Gasteiger partial charge >= 0.3 is 0 Å². The molecule has 20 heavy (non-hydrogen) atoms. The van der Waals surface area contributed by atoms with Crippen molar-refractivity contribution in [3.63, 3.8) is 0 Å². The monoisotopic (exact) mass is 289 g/mol. The zero-order valence-electron chi connectivity index (χ0n) is 12.0. The molecule has 1 unspecified atom stereocenters. The second-order valence-corrected chi connectivity index (χ2v) is 6.08. The minimum Gasteiger partial charge on any atom is -0.271 e. The SMILES string of the molecule is CCc1ccc(CC(CCCc2cccs2)NN)nc1. The Labute approximate surface area is 125 Å². The van der Waals surface area contributed by atoms with Crippen LogP contribution in [0.1, 0.15) is 35.9 Å². The summed E-state index contributed by atoms with van der Waals surface area (Å²) in [7, 11) is 0. The van der Waals surface area contributed by atoms with Crippen LogP contribution >= 0.6 is 11.3 Å². The van der Waals surface area contributed by atoms with Gasteiger partial charge in [0.1, 0.15) is 0 Å². The fourth-order valence-electron chi connectivity index (χ4n) is 2.26. The summed E-state index contributed by atoms with van der Waals surface area (Å²) in [5.74, 6) is 5.66. The standard InChI is InChI=1S/C16H23N3S/c1-2-13-8-9-14(18-12-13)11-15(19-17)5-3-6-16-7-4-10-20-16/h4,7-10,12,15,19H,2-3,5-6,11,17H2,1H3. The quantitative estimate of drug-likeness (QED) is 0.580. The van der Waals surface area contributed by atoms with Crippen LogP contribution in [0.15, 0.2) is 35.8 Å². The number of thiophene rings is 1. The van der Waals surface area contributed by atoms with Gasteiger partial charge in [-0.3, -0.25) is 16.3 Å². The molecule has 1 atom stereocenters. The van der Waals surface area contributed by atoms with Crippen molar-refractivity contribution in [2.45, 2.75) is 45.1 Å². The molecule has 0 fully saturated rings. The number of hydrazine groups is 1. The number of hydrogen-bond acceptors (Lipinski definition) is 4. The van der Waals surface area contributed by atoms with Gasteiger partial charge in [-0.1, -0.05) is 19.1 Å². The van der Waals surface area contributed by atoms with E-state index < -0.39 is 0 Å². The lowest BCUT2D eigenvalue weighted by atomic mass is 10.0. The van der Waals surface area contributed by atoms with Crippen molar-refractivity contribution in [1.82, 2.24) is 10.4 Å². The van der Waals surface area contributed by atoms with Gasteiger partial charge in [-0.2, -0.15) is 0 Å². The van der Waals surface area contributed by atoms with Crippen LogP contribution in [-0.4, -0.2) is 11.0 Å². The molecule has 2 heterocycles. The summed E-state index contributed by atoms with van der Waals surface area (Å²) >= 11 is 1.83. The Kier molecular flexibility index (Phi) is 6.18. The molecule has 0 aliphatic heterocycles. The third kappa shape index (κ3) is 4.71. The number of pyridine rings is 1. The number of rotatable bonds is 8. The van der Waals surface area contributed by atoms with Crippen LogP contribution in [0.2, 0.25) is 0 Å². The fourth-order valence-corrected chi connectivity index (χ4v) is 3.01. The lowest BCUT2D eigenvalue weighted by Gasteiger charge is -2.15. The third-order valence-corrected chi connectivity index (χ3v) is 4.48. The smallest absolute Gasteiger partial charge is 0.0419 e. The topological polar surface area (TPSA) is 50.9 Å². The maximum Gasteiger partial charge on any atom is 0.0419 e. The number of nitrogens with one attached hydrogen (secondary N) is 1. The Morgan fingerprint density at radius 3 is 2.85 bits per heavy atom. The van der Waals surface area contributed by atoms with Gasteiger partial charge in [0.05, 0.1) is 0 Å². The lowest BCUT2D eigenvalue weighted by Crippen LogP contribution is -2.37. The molecule has 3 N–H and O–H groups in total. The third-order valence-electron chi connectivity index (χ3n) is 3.54. The zero-order chi connectivity index (χ0) is 14.2. The van der Waals surface area contributed by atoms with Crippen molar-refractivity contribution < 1.29 is 0 Å². The van der Waals surface area contributed by atoms with Crippen LogP contribution in [0, 0.1) is 0 Å². The molecule has 3 nitrogen and oxygen atoms in total. The van der Waals surface area contributed by atoms with Gasteiger partial charge in [-0.15, -0.1) is 11.3 Å². The molecule has 0 bridgehead atoms. The molecule has 0 radical (unpaired) electrons. The number of aryl methyl sites for hydroxylation is 2. The van der Waals surface area contributed by atoms with E-state index >= 15 is 0 Å². The van der Waals surface area contributed by atoms with E-state index in [1.54, 1.807) is 0 Å². The van der Waals surface area contributed by atoms with E-state index in [1.807, 2.05) is 17.5 Å². The summed E-state index contributed by atoms with van der Waals surface area (Å²) in [5, 5.41) is 2.13. The van der Waals surface area contributed by atoms with Gasteiger partial charge in [0, 0.05) is 29.2 Å². The van der Waals surface area contributed by atoms with Gasteiger partial charge in [-0.05, 0) is 48.8 Å². The molecule has 0 saturated carbocycles. The second-order valence-electron chi connectivity index (χ2n) is 5.05. The Morgan fingerprint density at radius 1 is 1.35 bits per heavy atom. The van der Waals surface area contributed by atoms with Gasteiger partial charge in [0.25, 0.3) is 0 Å². The molecule has 2 aromatic rings. The van der Waals surface area contributed by atoms with Crippen LogP contribution in [0.4, 0.5) is 0 Å². The molecule has 0 aliphatic rings. The molecule has 4 heteroatoms. The predicted molar refractivity (Wildman–Crippen MR) is 85.7 cm³/mol. The number of aromatic nitrogens is 1. The molecule has 0 spiro atoms. The Bertz CT molecular complexity index is 479. The van der Waals surface area contributed by atoms with E-state index in [0.29, 0.717) is 6.04 Å². The Morgan fingerprint density at radius 2 is 2.25 bits per heavy atom.